The van der Waals surface area contributed by atoms with Crippen LogP contribution in [0.1, 0.15) is 11.6 Å². The van der Waals surface area contributed by atoms with Gasteiger partial charge in [0.1, 0.15) is 18.5 Å². The number of benzene rings is 2. The van der Waals surface area contributed by atoms with Gasteiger partial charge < -0.3 is 19.4 Å². The Morgan fingerprint density at radius 3 is 2.00 bits per heavy atom. The molecule has 4 aromatic rings. The summed E-state index contributed by atoms with van der Waals surface area (Å²) in [6.45, 7) is 5.69. The van der Waals surface area contributed by atoms with Gasteiger partial charge in [-0.2, -0.15) is 0 Å². The summed E-state index contributed by atoms with van der Waals surface area (Å²) in [6.07, 6.45) is 3.57. The molecule has 33 heavy (non-hydrogen) atoms. The highest BCUT2D eigenvalue weighted by atomic mass is 127. The monoisotopic (exact) mass is 684 g/mol. The van der Waals surface area contributed by atoms with E-state index >= 15 is 0 Å². The standard InChI is InChI=1S/C11H11BrN4.C6H4BrI.C5H8N4/c12-9-1-3-10(4-2-9)15-5-6-16-8-13-14-11(16)7-15;7-5-1-3-6(8)4-2-5;1-2-9-4-7-8-5(9)3-6-1/h1-4,8H,5-7H2;1-4H;4,6H,1-3H2. The van der Waals surface area contributed by atoms with Crippen LogP contribution in [0.4, 0.5) is 5.69 Å². The van der Waals surface area contributed by atoms with Crippen LogP contribution < -0.4 is 10.2 Å². The number of hydrogen-bond acceptors (Lipinski definition) is 6. The first kappa shape index (κ1) is 24.3. The number of halogens is 3. The Kier molecular flexibility index (Phi) is 8.87. The largest absolute Gasteiger partial charge is 0.362 e. The Balaban J connectivity index is 0.000000129. The van der Waals surface area contributed by atoms with Gasteiger partial charge in [0.25, 0.3) is 0 Å². The lowest BCUT2D eigenvalue weighted by Crippen LogP contribution is -2.33. The number of anilines is 1. The van der Waals surface area contributed by atoms with Crippen LogP contribution in [0.5, 0.6) is 0 Å². The zero-order chi connectivity index (χ0) is 23.0. The summed E-state index contributed by atoms with van der Waals surface area (Å²) in [5.74, 6) is 2.08. The Labute approximate surface area is 223 Å². The minimum absolute atomic E-state index is 0.835. The molecule has 0 atom stereocenters. The van der Waals surface area contributed by atoms with Crippen molar-refractivity contribution in [3.05, 3.63) is 85.4 Å². The number of nitrogens with one attached hydrogen (secondary N) is 1. The van der Waals surface area contributed by atoms with Crippen LogP contribution >= 0.6 is 54.5 Å². The van der Waals surface area contributed by atoms with Gasteiger partial charge in [0.15, 0.2) is 5.82 Å². The summed E-state index contributed by atoms with van der Waals surface area (Å²) in [6, 6.07) is 16.5. The summed E-state index contributed by atoms with van der Waals surface area (Å²) in [4.78, 5) is 2.32. The number of rotatable bonds is 1. The fourth-order valence-electron chi connectivity index (χ4n) is 3.37. The second-order valence-electron chi connectivity index (χ2n) is 7.39. The van der Waals surface area contributed by atoms with Gasteiger partial charge >= 0.3 is 0 Å². The zero-order valence-electron chi connectivity index (χ0n) is 17.8. The highest BCUT2D eigenvalue weighted by molar-refractivity contribution is 14.1. The minimum atomic E-state index is 0.835. The first-order valence-electron chi connectivity index (χ1n) is 10.4. The molecule has 0 amide bonds. The van der Waals surface area contributed by atoms with E-state index in [1.807, 2.05) is 12.1 Å². The normalized spacial score (nSPS) is 14.2. The van der Waals surface area contributed by atoms with E-state index in [0.717, 1.165) is 59.9 Å². The van der Waals surface area contributed by atoms with Gasteiger partial charge in [0, 0.05) is 44.4 Å². The first-order valence-corrected chi connectivity index (χ1v) is 13.1. The van der Waals surface area contributed by atoms with E-state index in [9.17, 15) is 0 Å². The number of hydrogen-bond donors (Lipinski definition) is 1. The quantitative estimate of drug-likeness (QED) is 0.298. The summed E-state index contributed by atoms with van der Waals surface area (Å²) < 4.78 is 7.69. The van der Waals surface area contributed by atoms with Gasteiger partial charge in [-0.15, -0.1) is 20.4 Å². The Morgan fingerprint density at radius 2 is 1.36 bits per heavy atom. The van der Waals surface area contributed by atoms with E-state index in [0.29, 0.717) is 0 Å². The average Bonchev–Trinajstić information content (AvgIpc) is 3.51. The predicted octanol–water partition coefficient (Wildman–Crippen LogP) is 4.50. The third-order valence-corrected chi connectivity index (χ3v) is 6.92. The van der Waals surface area contributed by atoms with E-state index < -0.39 is 0 Å². The lowest BCUT2D eigenvalue weighted by atomic mass is 10.2. The Morgan fingerprint density at radius 1 is 0.758 bits per heavy atom. The van der Waals surface area contributed by atoms with Gasteiger partial charge in [0.05, 0.1) is 13.1 Å². The van der Waals surface area contributed by atoms with Crippen molar-refractivity contribution in [3.63, 3.8) is 0 Å². The average molecular weight is 686 g/mol. The summed E-state index contributed by atoms with van der Waals surface area (Å²) in [7, 11) is 0. The second kappa shape index (κ2) is 12.0. The third-order valence-electron chi connectivity index (χ3n) is 5.14. The molecule has 172 valence electrons. The molecule has 2 aliphatic heterocycles. The molecule has 0 aliphatic carbocycles. The maximum absolute atomic E-state index is 4.11. The van der Waals surface area contributed by atoms with E-state index in [-0.39, 0.29) is 0 Å². The van der Waals surface area contributed by atoms with Crippen molar-refractivity contribution in [3.8, 4) is 0 Å². The molecule has 4 heterocycles. The molecule has 0 saturated carbocycles. The molecule has 2 aromatic heterocycles. The molecule has 0 bridgehead atoms. The molecule has 6 rings (SSSR count). The number of aromatic nitrogens is 6. The molecule has 0 spiro atoms. The van der Waals surface area contributed by atoms with Crippen molar-refractivity contribution in [2.24, 2.45) is 0 Å². The molecule has 0 fully saturated rings. The van der Waals surface area contributed by atoms with Crippen molar-refractivity contribution in [2.45, 2.75) is 26.2 Å². The van der Waals surface area contributed by atoms with Crippen LogP contribution in [-0.2, 0) is 26.2 Å². The SMILES string of the molecule is Brc1ccc(I)cc1.Brc1ccc(N2CCn3cnnc3C2)cc1.c1nnc2n1CCNC2. The molecular formula is C22H23Br2IN8. The van der Waals surface area contributed by atoms with E-state index in [2.05, 4.69) is 131 Å². The van der Waals surface area contributed by atoms with Crippen molar-refractivity contribution in [1.82, 2.24) is 34.8 Å². The first-order chi connectivity index (χ1) is 16.1. The zero-order valence-corrected chi connectivity index (χ0v) is 23.1. The van der Waals surface area contributed by atoms with Crippen LogP contribution in [0.25, 0.3) is 0 Å². The lowest BCUT2D eigenvalue weighted by Gasteiger charge is -2.28. The van der Waals surface area contributed by atoms with Gasteiger partial charge in [-0.05, 0) is 71.1 Å². The van der Waals surface area contributed by atoms with E-state index in [1.54, 1.807) is 12.7 Å². The molecule has 1 N–H and O–H groups in total. The summed E-state index contributed by atoms with van der Waals surface area (Å²) >= 11 is 9.06. The van der Waals surface area contributed by atoms with Crippen molar-refractivity contribution >= 4 is 60.1 Å². The predicted molar refractivity (Wildman–Crippen MR) is 144 cm³/mol. The van der Waals surface area contributed by atoms with Crippen molar-refractivity contribution in [1.29, 1.82) is 0 Å². The summed E-state index contributed by atoms with van der Waals surface area (Å²) in [5.41, 5.74) is 1.23. The van der Waals surface area contributed by atoms with Crippen LogP contribution in [0.15, 0.2) is 70.1 Å². The van der Waals surface area contributed by atoms with Crippen LogP contribution in [0.2, 0.25) is 0 Å². The third kappa shape index (κ3) is 7.08. The van der Waals surface area contributed by atoms with Crippen molar-refractivity contribution in [2.75, 3.05) is 18.0 Å². The smallest absolute Gasteiger partial charge is 0.152 e. The molecule has 0 unspecified atom stereocenters. The van der Waals surface area contributed by atoms with E-state index in [1.165, 1.54) is 9.26 Å². The lowest BCUT2D eigenvalue weighted by molar-refractivity contribution is 0.505. The molecule has 11 heteroatoms. The van der Waals surface area contributed by atoms with E-state index in [4.69, 9.17) is 0 Å². The molecule has 0 saturated heterocycles. The van der Waals surface area contributed by atoms with Crippen molar-refractivity contribution < 1.29 is 0 Å². The van der Waals surface area contributed by atoms with Crippen LogP contribution in [0.3, 0.4) is 0 Å². The van der Waals surface area contributed by atoms with Gasteiger partial charge in [-0.1, -0.05) is 31.9 Å². The fourth-order valence-corrected chi connectivity index (χ4v) is 4.26. The summed E-state index contributed by atoms with van der Waals surface area (Å²) in [5, 5.41) is 18.9. The molecule has 0 radical (unpaired) electrons. The molecule has 2 aromatic carbocycles. The Hall–Kier alpha value is -1.83. The molecule has 2 aliphatic rings. The highest BCUT2D eigenvalue weighted by Gasteiger charge is 2.17. The van der Waals surface area contributed by atoms with Crippen LogP contribution in [0, 0.1) is 3.57 Å². The van der Waals surface area contributed by atoms with Crippen LogP contribution in [-0.4, -0.2) is 42.6 Å². The maximum Gasteiger partial charge on any atom is 0.152 e. The van der Waals surface area contributed by atoms with Gasteiger partial charge in [-0.3, -0.25) is 0 Å². The van der Waals surface area contributed by atoms with Gasteiger partial charge in [0.2, 0.25) is 0 Å². The maximum atomic E-state index is 4.11. The van der Waals surface area contributed by atoms with Gasteiger partial charge in [-0.25, -0.2) is 0 Å². The topological polar surface area (TPSA) is 76.7 Å². The highest BCUT2D eigenvalue weighted by Crippen LogP contribution is 2.22. The molecular weight excluding hydrogens is 663 g/mol. The molecule has 8 nitrogen and oxygen atoms in total. The number of fused-ring (bicyclic) bond motifs is 2. The minimum Gasteiger partial charge on any atom is -0.362 e. The fraction of sp³-hybridized carbons (Fsp3) is 0.273. The second-order valence-corrected chi connectivity index (χ2v) is 10.5. The Bertz CT molecular complexity index is 1100. The number of nitrogens with zero attached hydrogens (tertiary/aromatic N) is 7.